The zero-order chi connectivity index (χ0) is 18.7. The van der Waals surface area contributed by atoms with Crippen LogP contribution in [-0.2, 0) is 9.84 Å². The van der Waals surface area contributed by atoms with E-state index in [1.165, 1.54) is 32.1 Å². The number of hydrogen-bond donors (Lipinski definition) is 1. The van der Waals surface area contributed by atoms with Gasteiger partial charge < -0.3 is 15.0 Å². The number of anilines is 2. The number of nitrogens with one attached hydrogen (secondary N) is 1. The summed E-state index contributed by atoms with van der Waals surface area (Å²) in [5.74, 6) is -0.148. The van der Waals surface area contributed by atoms with Crippen LogP contribution in [0.15, 0.2) is 47.4 Å². The standard InChI is InChI=1S/C19H22N2O4S/c1-25-17-10-5-14(13-18(17)26(2,23)24)19(22)20-15-6-8-16(9-7-15)21-11-3-4-12-21/h5-10,13H,3-4,11-12H2,1-2H3,(H,20,22). The van der Waals surface area contributed by atoms with Gasteiger partial charge >= 0.3 is 0 Å². The van der Waals surface area contributed by atoms with Crippen molar-refractivity contribution in [3.05, 3.63) is 48.0 Å². The van der Waals surface area contributed by atoms with Gasteiger partial charge in [0.05, 0.1) is 7.11 Å². The monoisotopic (exact) mass is 374 g/mol. The first-order chi connectivity index (χ1) is 12.4. The number of amides is 1. The van der Waals surface area contributed by atoms with Crippen molar-refractivity contribution in [2.45, 2.75) is 17.7 Å². The van der Waals surface area contributed by atoms with Crippen LogP contribution in [0.5, 0.6) is 5.75 Å². The van der Waals surface area contributed by atoms with Gasteiger partial charge in [-0.15, -0.1) is 0 Å². The Hall–Kier alpha value is -2.54. The molecule has 0 spiro atoms. The van der Waals surface area contributed by atoms with Crippen LogP contribution in [0.4, 0.5) is 11.4 Å². The van der Waals surface area contributed by atoms with Crippen LogP contribution < -0.4 is 15.0 Å². The van der Waals surface area contributed by atoms with Gasteiger partial charge in [-0.05, 0) is 55.3 Å². The molecule has 2 aromatic carbocycles. The first kappa shape index (κ1) is 18.3. The third-order valence-electron chi connectivity index (χ3n) is 4.42. The van der Waals surface area contributed by atoms with E-state index in [2.05, 4.69) is 10.2 Å². The number of methoxy groups -OCH3 is 1. The molecule has 7 heteroatoms. The van der Waals surface area contributed by atoms with E-state index < -0.39 is 9.84 Å². The zero-order valence-corrected chi connectivity index (χ0v) is 15.7. The summed E-state index contributed by atoms with van der Waals surface area (Å²) in [7, 11) is -2.11. The Morgan fingerprint density at radius 3 is 2.31 bits per heavy atom. The summed E-state index contributed by atoms with van der Waals surface area (Å²) in [6, 6.07) is 12.0. The van der Waals surface area contributed by atoms with E-state index in [1.807, 2.05) is 24.3 Å². The first-order valence-electron chi connectivity index (χ1n) is 8.43. The molecule has 0 bridgehead atoms. The Morgan fingerprint density at radius 1 is 1.08 bits per heavy atom. The maximum Gasteiger partial charge on any atom is 0.255 e. The molecule has 1 heterocycles. The van der Waals surface area contributed by atoms with E-state index in [9.17, 15) is 13.2 Å². The van der Waals surface area contributed by atoms with E-state index in [-0.39, 0.29) is 22.1 Å². The smallest absolute Gasteiger partial charge is 0.255 e. The van der Waals surface area contributed by atoms with Gasteiger partial charge in [-0.1, -0.05) is 0 Å². The molecule has 0 unspecified atom stereocenters. The number of sulfone groups is 1. The molecule has 2 aromatic rings. The van der Waals surface area contributed by atoms with Gasteiger partial charge in [0.25, 0.3) is 5.91 Å². The topological polar surface area (TPSA) is 75.7 Å². The minimum Gasteiger partial charge on any atom is -0.495 e. The number of nitrogens with zero attached hydrogens (tertiary/aromatic N) is 1. The van der Waals surface area contributed by atoms with E-state index in [0.717, 1.165) is 25.0 Å². The number of carbonyl (C=O) groups excluding carboxylic acids is 1. The molecule has 1 N–H and O–H groups in total. The largest absolute Gasteiger partial charge is 0.495 e. The average Bonchev–Trinajstić information content (AvgIpc) is 3.15. The van der Waals surface area contributed by atoms with Gasteiger partial charge in [-0.25, -0.2) is 8.42 Å². The summed E-state index contributed by atoms with van der Waals surface area (Å²) >= 11 is 0. The molecule has 1 aliphatic heterocycles. The summed E-state index contributed by atoms with van der Waals surface area (Å²) < 4.78 is 28.9. The lowest BCUT2D eigenvalue weighted by molar-refractivity contribution is 0.102. The second kappa shape index (κ2) is 7.37. The van der Waals surface area contributed by atoms with Crippen LogP contribution in [-0.4, -0.2) is 40.8 Å². The lowest BCUT2D eigenvalue weighted by Crippen LogP contribution is -2.17. The molecular formula is C19H22N2O4S. The van der Waals surface area contributed by atoms with Crippen molar-refractivity contribution in [1.29, 1.82) is 0 Å². The highest BCUT2D eigenvalue weighted by Crippen LogP contribution is 2.26. The summed E-state index contributed by atoms with van der Waals surface area (Å²) in [4.78, 5) is 14.8. The molecule has 0 aromatic heterocycles. The van der Waals surface area contributed by atoms with Gasteiger partial charge in [-0.2, -0.15) is 0 Å². The van der Waals surface area contributed by atoms with Crippen molar-refractivity contribution in [2.75, 3.05) is 36.7 Å². The van der Waals surface area contributed by atoms with E-state index in [1.54, 1.807) is 6.07 Å². The predicted octanol–water partition coefficient (Wildman–Crippen LogP) is 2.95. The van der Waals surface area contributed by atoms with Crippen molar-refractivity contribution in [3.63, 3.8) is 0 Å². The predicted molar refractivity (Wildman–Crippen MR) is 102 cm³/mol. The van der Waals surface area contributed by atoms with Gasteiger partial charge in [0.1, 0.15) is 10.6 Å². The highest BCUT2D eigenvalue weighted by Gasteiger charge is 2.18. The molecule has 1 amide bonds. The van der Waals surface area contributed by atoms with Gasteiger partial charge in [0.2, 0.25) is 0 Å². The molecule has 0 aliphatic carbocycles. The van der Waals surface area contributed by atoms with Crippen molar-refractivity contribution in [2.24, 2.45) is 0 Å². The van der Waals surface area contributed by atoms with Gasteiger partial charge in [0, 0.05) is 36.3 Å². The van der Waals surface area contributed by atoms with E-state index in [0.29, 0.717) is 5.69 Å². The molecule has 138 valence electrons. The third-order valence-corrected chi connectivity index (χ3v) is 5.54. The highest BCUT2D eigenvalue weighted by molar-refractivity contribution is 7.90. The summed E-state index contributed by atoms with van der Waals surface area (Å²) in [6.07, 6.45) is 3.50. The molecule has 1 fully saturated rings. The van der Waals surface area contributed by atoms with Crippen LogP contribution in [0.25, 0.3) is 0 Å². The second-order valence-corrected chi connectivity index (χ2v) is 8.32. The van der Waals surface area contributed by atoms with E-state index in [4.69, 9.17) is 4.74 Å². The number of hydrogen-bond acceptors (Lipinski definition) is 5. The van der Waals surface area contributed by atoms with Crippen molar-refractivity contribution in [3.8, 4) is 5.75 Å². The number of rotatable bonds is 5. The quantitative estimate of drug-likeness (QED) is 0.871. The maximum atomic E-state index is 12.5. The summed E-state index contributed by atoms with van der Waals surface area (Å²) in [5.41, 5.74) is 2.06. The fourth-order valence-electron chi connectivity index (χ4n) is 3.04. The minimum absolute atomic E-state index is 0.00275. The second-order valence-electron chi connectivity index (χ2n) is 6.33. The van der Waals surface area contributed by atoms with Crippen LogP contribution in [0.1, 0.15) is 23.2 Å². The third kappa shape index (κ3) is 3.99. The van der Waals surface area contributed by atoms with Crippen LogP contribution >= 0.6 is 0 Å². The maximum absolute atomic E-state index is 12.5. The summed E-state index contributed by atoms with van der Waals surface area (Å²) in [6.45, 7) is 2.12. The Bertz CT molecular complexity index is 902. The molecule has 0 atom stereocenters. The van der Waals surface area contributed by atoms with Gasteiger partial charge in [0.15, 0.2) is 9.84 Å². The van der Waals surface area contributed by atoms with Crippen molar-refractivity contribution in [1.82, 2.24) is 0 Å². The molecule has 1 aliphatic rings. The number of benzene rings is 2. The van der Waals surface area contributed by atoms with Gasteiger partial charge in [-0.3, -0.25) is 4.79 Å². The van der Waals surface area contributed by atoms with Crippen LogP contribution in [0, 0.1) is 0 Å². The minimum atomic E-state index is -3.50. The molecular weight excluding hydrogens is 352 g/mol. The Balaban J connectivity index is 1.77. The lowest BCUT2D eigenvalue weighted by Gasteiger charge is -2.17. The molecule has 0 radical (unpaired) electrons. The lowest BCUT2D eigenvalue weighted by atomic mass is 10.2. The fourth-order valence-corrected chi connectivity index (χ4v) is 3.90. The molecule has 0 saturated carbocycles. The molecule has 26 heavy (non-hydrogen) atoms. The normalized spacial score (nSPS) is 14.3. The fraction of sp³-hybridized carbons (Fsp3) is 0.316. The SMILES string of the molecule is COc1ccc(C(=O)Nc2ccc(N3CCCC3)cc2)cc1S(C)(=O)=O. The number of carbonyl (C=O) groups is 1. The zero-order valence-electron chi connectivity index (χ0n) is 14.9. The summed E-state index contributed by atoms with van der Waals surface area (Å²) in [5, 5.41) is 2.80. The Morgan fingerprint density at radius 2 is 1.73 bits per heavy atom. The first-order valence-corrected chi connectivity index (χ1v) is 10.3. The van der Waals surface area contributed by atoms with Crippen molar-refractivity contribution >= 4 is 27.1 Å². The Kier molecular flexibility index (Phi) is 5.18. The Labute approximate surface area is 153 Å². The van der Waals surface area contributed by atoms with Crippen molar-refractivity contribution < 1.29 is 17.9 Å². The van der Waals surface area contributed by atoms with Crippen LogP contribution in [0.3, 0.4) is 0 Å². The van der Waals surface area contributed by atoms with E-state index >= 15 is 0 Å². The average molecular weight is 374 g/mol. The number of ether oxygens (including phenoxy) is 1. The van der Waals surface area contributed by atoms with Crippen LogP contribution in [0.2, 0.25) is 0 Å². The molecule has 3 rings (SSSR count). The highest BCUT2D eigenvalue weighted by atomic mass is 32.2. The molecule has 6 nitrogen and oxygen atoms in total. The molecule has 1 saturated heterocycles.